The van der Waals surface area contributed by atoms with E-state index in [9.17, 15) is 4.79 Å². The molecule has 1 amide bonds. The van der Waals surface area contributed by atoms with Crippen molar-refractivity contribution >= 4 is 5.91 Å². The van der Waals surface area contributed by atoms with Crippen molar-refractivity contribution in [3.63, 3.8) is 0 Å². The van der Waals surface area contributed by atoms with Gasteiger partial charge in [-0.05, 0) is 6.08 Å². The minimum absolute atomic E-state index is 0.394. The minimum Gasteiger partial charge on any atom is -0.368 e. The van der Waals surface area contributed by atoms with E-state index < -0.39 is 11.9 Å². The molecule has 0 aromatic heterocycles. The highest BCUT2D eigenvalue weighted by atomic mass is 16.1. The van der Waals surface area contributed by atoms with Crippen molar-refractivity contribution in [3.05, 3.63) is 12.3 Å². The van der Waals surface area contributed by atoms with Gasteiger partial charge in [-0.2, -0.15) is 5.43 Å². The molecule has 0 saturated heterocycles. The molecule has 1 unspecified atom stereocenters. The molecule has 0 saturated carbocycles. The molecule has 43 valence electrons. The molecule has 0 aromatic carbocycles. The largest absolute Gasteiger partial charge is 0.368 e. The first-order chi connectivity index (χ1) is 3.80. The van der Waals surface area contributed by atoms with Crippen molar-refractivity contribution in [3.8, 4) is 0 Å². The minimum atomic E-state index is -0.400. The molecule has 1 aliphatic heterocycles. The van der Waals surface area contributed by atoms with Crippen molar-refractivity contribution < 1.29 is 4.79 Å². The number of carbonyl (C=O) groups is 1. The van der Waals surface area contributed by atoms with E-state index in [4.69, 9.17) is 5.73 Å². The molecular weight excluding hydrogens is 106 g/mol. The van der Waals surface area contributed by atoms with E-state index in [0.717, 1.165) is 0 Å². The molecule has 3 N–H and O–H groups in total. The second kappa shape index (κ2) is 1.83. The standard InChI is InChI=1S/C4H6N3O/c5-4(8)3-1-2-6-7-3/h1-3,7H,(H2,5,8). The van der Waals surface area contributed by atoms with Crippen LogP contribution < -0.4 is 16.6 Å². The van der Waals surface area contributed by atoms with Crippen LogP contribution in [0.3, 0.4) is 0 Å². The summed E-state index contributed by atoms with van der Waals surface area (Å²) in [5.41, 5.74) is 10.9. The Morgan fingerprint density at radius 3 is 2.88 bits per heavy atom. The van der Waals surface area contributed by atoms with Gasteiger partial charge in [0.1, 0.15) is 6.04 Å². The summed E-state index contributed by atoms with van der Waals surface area (Å²) in [6.45, 7) is 0. The maximum absolute atomic E-state index is 10.3. The molecule has 1 aliphatic rings. The Balaban J connectivity index is 2.48. The molecular formula is C4H6N3O. The second-order valence-corrected chi connectivity index (χ2v) is 1.48. The Morgan fingerprint density at radius 2 is 2.62 bits per heavy atom. The lowest BCUT2D eigenvalue weighted by molar-refractivity contribution is -0.118. The molecule has 0 bridgehead atoms. The van der Waals surface area contributed by atoms with Gasteiger partial charge in [0.05, 0.1) is 0 Å². The van der Waals surface area contributed by atoms with Gasteiger partial charge in [0.15, 0.2) is 0 Å². The zero-order valence-electron chi connectivity index (χ0n) is 4.16. The van der Waals surface area contributed by atoms with Gasteiger partial charge in [-0.15, -0.1) is 0 Å². The maximum Gasteiger partial charge on any atom is 0.240 e. The number of nitrogens with two attached hydrogens (primary N) is 1. The number of hydrogen-bond donors (Lipinski definition) is 2. The van der Waals surface area contributed by atoms with E-state index in [0.29, 0.717) is 0 Å². The van der Waals surface area contributed by atoms with Crippen LogP contribution in [0, 0.1) is 0 Å². The Labute approximate surface area is 46.7 Å². The average Bonchev–Trinajstić information content (AvgIpc) is 2.12. The molecule has 0 aromatic rings. The molecule has 1 rings (SSSR count). The number of nitrogens with one attached hydrogen (secondary N) is 1. The zero-order chi connectivity index (χ0) is 5.98. The molecule has 0 fully saturated rings. The van der Waals surface area contributed by atoms with Crippen LogP contribution in [-0.4, -0.2) is 11.9 Å². The van der Waals surface area contributed by atoms with Gasteiger partial charge in [-0.3, -0.25) is 4.79 Å². The highest BCUT2D eigenvalue weighted by Crippen LogP contribution is 1.88. The monoisotopic (exact) mass is 112 g/mol. The molecule has 1 radical (unpaired) electrons. The Morgan fingerprint density at radius 1 is 1.88 bits per heavy atom. The van der Waals surface area contributed by atoms with Crippen molar-refractivity contribution in [2.24, 2.45) is 5.73 Å². The van der Waals surface area contributed by atoms with Crippen LogP contribution in [-0.2, 0) is 4.79 Å². The van der Waals surface area contributed by atoms with Gasteiger partial charge in [0.2, 0.25) is 5.91 Å². The molecule has 8 heavy (non-hydrogen) atoms. The summed E-state index contributed by atoms with van der Waals surface area (Å²) in [4.78, 5) is 10.3. The van der Waals surface area contributed by atoms with Gasteiger partial charge >= 0.3 is 0 Å². The van der Waals surface area contributed by atoms with Gasteiger partial charge < -0.3 is 5.73 Å². The molecule has 4 heteroatoms. The first-order valence-corrected chi connectivity index (χ1v) is 2.22. The summed E-state index contributed by atoms with van der Waals surface area (Å²) in [6.07, 6.45) is 3.11. The number of hydrogen-bond acceptors (Lipinski definition) is 2. The molecule has 0 spiro atoms. The number of carbonyl (C=O) groups excluding carboxylic acids is 1. The van der Waals surface area contributed by atoms with E-state index >= 15 is 0 Å². The first-order valence-electron chi connectivity index (χ1n) is 2.22. The topological polar surface area (TPSA) is 69.2 Å². The highest BCUT2D eigenvalue weighted by molar-refractivity contribution is 5.82. The van der Waals surface area contributed by atoms with Crippen molar-refractivity contribution in [2.75, 3.05) is 0 Å². The number of primary amides is 1. The fourth-order valence-electron chi connectivity index (χ4n) is 0.454. The lowest BCUT2D eigenvalue weighted by Crippen LogP contribution is -2.38. The SMILES string of the molecule is NC(=O)C1C=C[N]N1. The molecule has 1 heterocycles. The van der Waals surface area contributed by atoms with Gasteiger partial charge in [0.25, 0.3) is 0 Å². The second-order valence-electron chi connectivity index (χ2n) is 1.48. The third kappa shape index (κ3) is 0.788. The van der Waals surface area contributed by atoms with Crippen molar-refractivity contribution in [2.45, 2.75) is 6.04 Å². The van der Waals surface area contributed by atoms with Crippen LogP contribution in [0.2, 0.25) is 0 Å². The summed E-state index contributed by atoms with van der Waals surface area (Å²) >= 11 is 0. The Bertz CT molecular complexity index is 131. The zero-order valence-corrected chi connectivity index (χ0v) is 4.16. The number of amides is 1. The summed E-state index contributed by atoms with van der Waals surface area (Å²) in [5.74, 6) is -0.400. The smallest absolute Gasteiger partial charge is 0.240 e. The normalized spacial score (nSPS) is 25.2. The average molecular weight is 112 g/mol. The van der Waals surface area contributed by atoms with E-state index in [2.05, 4.69) is 10.9 Å². The summed E-state index contributed by atoms with van der Waals surface area (Å²) in [5, 5.41) is 0. The van der Waals surface area contributed by atoms with Gasteiger partial charge in [0, 0.05) is 6.20 Å². The van der Waals surface area contributed by atoms with Crippen LogP contribution in [0.15, 0.2) is 12.3 Å². The predicted molar refractivity (Wildman–Crippen MR) is 27.4 cm³/mol. The number of rotatable bonds is 1. The van der Waals surface area contributed by atoms with E-state index in [1.54, 1.807) is 6.08 Å². The fourth-order valence-corrected chi connectivity index (χ4v) is 0.454. The van der Waals surface area contributed by atoms with E-state index in [-0.39, 0.29) is 0 Å². The quantitative estimate of drug-likeness (QED) is 0.432. The summed E-state index contributed by atoms with van der Waals surface area (Å²) < 4.78 is 0. The third-order valence-electron chi connectivity index (χ3n) is 0.873. The van der Waals surface area contributed by atoms with Crippen LogP contribution >= 0.6 is 0 Å². The van der Waals surface area contributed by atoms with Gasteiger partial charge in [-0.25, -0.2) is 5.43 Å². The Hall–Kier alpha value is -1.03. The van der Waals surface area contributed by atoms with Crippen molar-refractivity contribution in [1.82, 2.24) is 10.9 Å². The van der Waals surface area contributed by atoms with Gasteiger partial charge in [-0.1, -0.05) is 0 Å². The number of nitrogens with zero attached hydrogens (tertiary/aromatic N) is 1. The van der Waals surface area contributed by atoms with Crippen LogP contribution in [0.1, 0.15) is 0 Å². The molecule has 0 aliphatic carbocycles. The lowest BCUT2D eigenvalue weighted by Gasteiger charge is -1.98. The fraction of sp³-hybridized carbons (Fsp3) is 0.250. The maximum atomic E-state index is 10.3. The van der Waals surface area contributed by atoms with Crippen molar-refractivity contribution in [1.29, 1.82) is 0 Å². The van der Waals surface area contributed by atoms with Crippen LogP contribution in [0.4, 0.5) is 0 Å². The lowest BCUT2D eigenvalue weighted by atomic mass is 10.3. The summed E-state index contributed by atoms with van der Waals surface area (Å²) in [6, 6.07) is -0.394. The van der Waals surface area contributed by atoms with E-state index in [1.807, 2.05) is 0 Å². The third-order valence-corrected chi connectivity index (χ3v) is 0.873. The van der Waals surface area contributed by atoms with E-state index in [1.165, 1.54) is 6.20 Å². The van der Waals surface area contributed by atoms with Crippen LogP contribution in [0.5, 0.6) is 0 Å². The molecule has 4 nitrogen and oxygen atoms in total. The van der Waals surface area contributed by atoms with Crippen LogP contribution in [0.25, 0.3) is 0 Å². The predicted octanol–water partition coefficient (Wildman–Crippen LogP) is -1.52. The highest BCUT2D eigenvalue weighted by Gasteiger charge is 2.13. The first kappa shape index (κ1) is 5.11. The Kier molecular flexibility index (Phi) is 1.17. The summed E-state index contributed by atoms with van der Waals surface area (Å²) in [7, 11) is 0. The molecule has 1 atom stereocenters.